The number of nitro benzene ring substituents is 1. The predicted molar refractivity (Wildman–Crippen MR) is 128 cm³/mol. The van der Waals surface area contributed by atoms with Gasteiger partial charge in [-0.15, -0.1) is 0 Å². The number of ether oxygens (including phenoxy) is 2. The summed E-state index contributed by atoms with van der Waals surface area (Å²) in [4.78, 5) is 39.5. The van der Waals surface area contributed by atoms with Gasteiger partial charge in [0, 0.05) is 17.7 Å². The molecule has 1 atom stereocenters. The molecule has 0 spiro atoms. The molecule has 0 radical (unpaired) electrons. The fraction of sp³-hybridized carbons (Fsp3) is 0.385. The van der Waals surface area contributed by atoms with Gasteiger partial charge >= 0.3 is 0 Å². The van der Waals surface area contributed by atoms with Gasteiger partial charge in [0.15, 0.2) is 0 Å². The smallest absolute Gasteiger partial charge is 0.295 e. The Kier molecular flexibility index (Phi) is 7.66. The van der Waals surface area contributed by atoms with Crippen LogP contribution in [-0.2, 0) is 14.3 Å². The number of hydrogen-bond acceptors (Lipinski definition) is 7. The summed E-state index contributed by atoms with van der Waals surface area (Å²) in [5.74, 6) is -1.55. The summed E-state index contributed by atoms with van der Waals surface area (Å²) < 4.78 is 11.0. The maximum Gasteiger partial charge on any atom is 0.295 e. The number of likely N-dealkylation sites (tertiary alicyclic amines) is 1. The van der Waals surface area contributed by atoms with Crippen LogP contribution in [0, 0.1) is 10.1 Å². The fourth-order valence-corrected chi connectivity index (χ4v) is 4.53. The number of benzene rings is 2. The van der Waals surface area contributed by atoms with Crippen molar-refractivity contribution in [1.29, 1.82) is 0 Å². The van der Waals surface area contributed by atoms with E-state index in [1.54, 1.807) is 24.3 Å². The van der Waals surface area contributed by atoms with Crippen LogP contribution in [0.5, 0.6) is 5.75 Å². The monoisotopic (exact) mass is 495 g/mol. The summed E-state index contributed by atoms with van der Waals surface area (Å²) in [6, 6.07) is 11.1. The van der Waals surface area contributed by atoms with Crippen molar-refractivity contribution in [3.05, 3.63) is 75.3 Å². The molecule has 1 unspecified atom stereocenters. The van der Waals surface area contributed by atoms with Gasteiger partial charge in [-0.25, -0.2) is 0 Å². The zero-order chi connectivity index (χ0) is 25.8. The molecule has 10 heteroatoms. The first-order valence-electron chi connectivity index (χ1n) is 12.0. The number of carbonyl (C=O) groups excluding carboxylic acids is 2. The molecule has 2 aromatic carbocycles. The summed E-state index contributed by atoms with van der Waals surface area (Å²) in [6.45, 7) is 7.46. The number of morpholine rings is 1. The molecule has 2 saturated heterocycles. The molecular formula is C26H29N3O7. The average Bonchev–Trinajstić information content (AvgIpc) is 3.12. The van der Waals surface area contributed by atoms with Crippen molar-refractivity contribution < 1.29 is 34.0 Å². The van der Waals surface area contributed by atoms with Gasteiger partial charge in [-0.05, 0) is 49.2 Å². The third-order valence-corrected chi connectivity index (χ3v) is 6.34. The van der Waals surface area contributed by atoms with Gasteiger partial charge in [-0.2, -0.15) is 0 Å². The second-order valence-electron chi connectivity index (χ2n) is 9.13. The number of nitro groups is 1. The summed E-state index contributed by atoms with van der Waals surface area (Å²) in [6.07, 6.45) is -0.0383. The van der Waals surface area contributed by atoms with Crippen molar-refractivity contribution in [3.8, 4) is 5.75 Å². The second-order valence-corrected chi connectivity index (χ2v) is 9.13. The van der Waals surface area contributed by atoms with E-state index in [2.05, 4.69) is 0 Å². The molecule has 10 nitrogen and oxygen atoms in total. The minimum Gasteiger partial charge on any atom is -0.872 e. The molecule has 36 heavy (non-hydrogen) atoms. The van der Waals surface area contributed by atoms with E-state index >= 15 is 0 Å². The number of amides is 1. The first-order chi connectivity index (χ1) is 17.3. The molecule has 2 heterocycles. The molecule has 2 aromatic rings. The van der Waals surface area contributed by atoms with Gasteiger partial charge in [0.2, 0.25) is 5.78 Å². The van der Waals surface area contributed by atoms with Crippen molar-refractivity contribution in [1.82, 2.24) is 4.90 Å². The number of quaternary nitrogens is 1. The van der Waals surface area contributed by atoms with E-state index in [4.69, 9.17) is 9.47 Å². The molecule has 0 aliphatic carbocycles. The van der Waals surface area contributed by atoms with Gasteiger partial charge in [-0.1, -0.05) is 17.9 Å². The molecule has 1 N–H and O–H groups in total. The molecular weight excluding hydrogens is 466 g/mol. The van der Waals surface area contributed by atoms with Crippen LogP contribution in [0.3, 0.4) is 0 Å². The highest BCUT2D eigenvalue weighted by molar-refractivity contribution is 6.46. The molecule has 0 aromatic heterocycles. The van der Waals surface area contributed by atoms with Crippen molar-refractivity contribution >= 4 is 23.1 Å². The summed E-state index contributed by atoms with van der Waals surface area (Å²) >= 11 is 0. The minimum absolute atomic E-state index is 0.0383. The first kappa shape index (κ1) is 25.3. The maximum absolute atomic E-state index is 13.5. The Balaban J connectivity index is 1.71. The van der Waals surface area contributed by atoms with E-state index < -0.39 is 28.4 Å². The Morgan fingerprint density at radius 2 is 1.75 bits per heavy atom. The van der Waals surface area contributed by atoms with Crippen LogP contribution in [0.2, 0.25) is 0 Å². The molecule has 190 valence electrons. The van der Waals surface area contributed by atoms with Crippen LogP contribution < -0.4 is 14.7 Å². The van der Waals surface area contributed by atoms with Crippen LogP contribution in [0.4, 0.5) is 5.69 Å². The van der Waals surface area contributed by atoms with E-state index in [-0.39, 0.29) is 29.5 Å². The number of nitrogens with zero attached hydrogens (tertiary/aromatic N) is 2. The third kappa shape index (κ3) is 5.39. The highest BCUT2D eigenvalue weighted by Crippen LogP contribution is 2.39. The number of carbonyl (C=O) groups is 2. The Bertz CT molecular complexity index is 1150. The lowest BCUT2D eigenvalue weighted by atomic mass is 9.95. The average molecular weight is 496 g/mol. The van der Waals surface area contributed by atoms with Gasteiger partial charge in [-0.3, -0.25) is 19.7 Å². The Morgan fingerprint density at radius 1 is 1.11 bits per heavy atom. The molecule has 0 saturated carbocycles. The fourth-order valence-electron chi connectivity index (χ4n) is 4.53. The van der Waals surface area contributed by atoms with Gasteiger partial charge in [0.05, 0.1) is 43.4 Å². The normalized spacial score (nSPS) is 20.2. The highest BCUT2D eigenvalue weighted by atomic mass is 16.6. The number of Topliss-reactive ketones (excluding diaryl/α,β-unsaturated/α-hetero) is 1. The van der Waals surface area contributed by atoms with E-state index in [0.717, 1.165) is 13.1 Å². The van der Waals surface area contributed by atoms with Crippen LogP contribution in [-0.4, -0.2) is 67.0 Å². The van der Waals surface area contributed by atoms with Gasteiger partial charge < -0.3 is 24.4 Å². The SMILES string of the molecule is CC(C)Oc1ccc(/C([O-])=C2\C(=O)C(=O)N(CC[NH+]3CCOCC3)C2c2ccc([N+](=O)[O-])cc2)cc1. The summed E-state index contributed by atoms with van der Waals surface area (Å²) in [5.41, 5.74) is 0.463. The first-order valence-corrected chi connectivity index (χ1v) is 12.0. The van der Waals surface area contributed by atoms with Gasteiger partial charge in [0.25, 0.3) is 11.6 Å². The van der Waals surface area contributed by atoms with Crippen LogP contribution in [0.25, 0.3) is 5.76 Å². The lowest BCUT2D eigenvalue weighted by Gasteiger charge is -2.30. The van der Waals surface area contributed by atoms with Crippen molar-refractivity contribution in [2.24, 2.45) is 0 Å². The largest absolute Gasteiger partial charge is 0.872 e. The zero-order valence-electron chi connectivity index (χ0n) is 20.3. The van der Waals surface area contributed by atoms with Crippen molar-refractivity contribution in [2.75, 3.05) is 39.4 Å². The lowest BCUT2D eigenvalue weighted by Crippen LogP contribution is -3.14. The Morgan fingerprint density at radius 3 is 2.33 bits per heavy atom. The van der Waals surface area contributed by atoms with E-state index in [9.17, 15) is 24.8 Å². The van der Waals surface area contributed by atoms with Crippen LogP contribution >= 0.6 is 0 Å². The molecule has 2 aliphatic heterocycles. The van der Waals surface area contributed by atoms with Gasteiger partial charge in [0.1, 0.15) is 18.8 Å². The highest BCUT2D eigenvalue weighted by Gasteiger charge is 2.44. The van der Waals surface area contributed by atoms with Crippen LogP contribution in [0.15, 0.2) is 54.1 Å². The van der Waals surface area contributed by atoms with Crippen molar-refractivity contribution in [2.45, 2.75) is 26.0 Å². The second kappa shape index (κ2) is 10.9. The van der Waals surface area contributed by atoms with Crippen molar-refractivity contribution in [3.63, 3.8) is 0 Å². The topological polar surface area (TPSA) is 126 Å². The molecule has 0 bridgehead atoms. The quantitative estimate of drug-likeness (QED) is 0.186. The lowest BCUT2D eigenvalue weighted by molar-refractivity contribution is -0.907. The molecule has 2 aliphatic rings. The zero-order valence-corrected chi connectivity index (χ0v) is 20.3. The standard InChI is InChI=1S/C26H29N3O7/c1-17(2)36-21-9-5-19(6-10-21)24(30)22-23(18-3-7-20(8-4-18)29(33)34)28(26(32)25(22)31)12-11-27-13-15-35-16-14-27/h3-10,17,23,30H,11-16H2,1-2H3/b24-22+. The predicted octanol–water partition coefficient (Wildman–Crippen LogP) is 0.521. The summed E-state index contributed by atoms with van der Waals surface area (Å²) in [7, 11) is 0. The molecule has 1 amide bonds. The third-order valence-electron chi connectivity index (χ3n) is 6.34. The Hall–Kier alpha value is -3.76. The van der Waals surface area contributed by atoms with E-state index in [1.807, 2.05) is 13.8 Å². The maximum atomic E-state index is 13.5. The summed E-state index contributed by atoms with van der Waals surface area (Å²) in [5, 5.41) is 24.7. The van der Waals surface area contributed by atoms with Crippen LogP contribution in [0.1, 0.15) is 31.0 Å². The number of hydrogen-bond donors (Lipinski definition) is 1. The minimum atomic E-state index is -0.926. The Labute approximate surface area is 208 Å². The number of non-ortho nitro benzene ring substituents is 1. The molecule has 4 rings (SSSR count). The molecule has 2 fully saturated rings. The van der Waals surface area contributed by atoms with E-state index in [1.165, 1.54) is 34.1 Å². The number of ketones is 1. The number of rotatable bonds is 8. The van der Waals surface area contributed by atoms with E-state index in [0.29, 0.717) is 31.1 Å². The number of nitrogens with one attached hydrogen (secondary N) is 1.